The van der Waals surface area contributed by atoms with E-state index in [1.165, 1.54) is 0 Å². The molecule has 2 N–H and O–H groups in total. The van der Waals surface area contributed by atoms with Crippen LogP contribution in [0.15, 0.2) is 53.7 Å². The molecule has 0 radical (unpaired) electrons. The van der Waals surface area contributed by atoms with Crippen LogP contribution < -0.4 is 15.8 Å². The lowest BCUT2D eigenvalue weighted by Gasteiger charge is -2.35. The monoisotopic (exact) mass is 336 g/mol. The van der Waals surface area contributed by atoms with Crippen LogP contribution in [0.3, 0.4) is 0 Å². The molecular weight excluding hydrogens is 324 g/mol. The van der Waals surface area contributed by atoms with Crippen LogP contribution in [0.4, 0.5) is 11.4 Å². The smallest absolute Gasteiger partial charge is 0.286 e. The van der Waals surface area contributed by atoms with Crippen LogP contribution in [0.5, 0.6) is 0 Å². The number of anilines is 2. The number of carbonyl (C=O) groups excluding carboxylic acids is 1. The number of benzene rings is 2. The Morgan fingerprint density at radius 2 is 1.96 bits per heavy atom. The maximum Gasteiger partial charge on any atom is 0.286 e. The fourth-order valence-corrected chi connectivity index (χ4v) is 3.17. The minimum Gasteiger partial charge on any atom is -0.351 e. The third-order valence-electron chi connectivity index (χ3n) is 4.21. The second-order valence-corrected chi connectivity index (χ2v) is 6.20. The Balaban J connectivity index is 1.63. The summed E-state index contributed by atoms with van der Waals surface area (Å²) in [6, 6.07) is 14.9. The lowest BCUT2D eigenvalue weighted by molar-refractivity contribution is -0.117. The van der Waals surface area contributed by atoms with E-state index in [2.05, 4.69) is 16.8 Å². The maximum atomic E-state index is 12.5. The maximum absolute atomic E-state index is 12.5. The largest absolute Gasteiger partial charge is 0.351 e. The van der Waals surface area contributed by atoms with Crippen molar-refractivity contribution in [3.63, 3.8) is 0 Å². The highest BCUT2D eigenvalue weighted by molar-refractivity contribution is 6.31. The second-order valence-electron chi connectivity index (χ2n) is 5.77. The number of hydrazine groups is 1. The minimum absolute atomic E-state index is 0.175. The van der Waals surface area contributed by atoms with Gasteiger partial charge >= 0.3 is 0 Å². The molecule has 0 saturated heterocycles. The van der Waals surface area contributed by atoms with E-state index in [9.17, 15) is 4.79 Å². The van der Waals surface area contributed by atoms with Gasteiger partial charge in [-0.1, -0.05) is 17.7 Å². The van der Waals surface area contributed by atoms with Gasteiger partial charge in [-0.25, -0.2) is 0 Å². The zero-order valence-corrected chi connectivity index (χ0v) is 13.4. The summed E-state index contributed by atoms with van der Waals surface area (Å²) in [7, 11) is 0. The van der Waals surface area contributed by atoms with Crippen molar-refractivity contribution in [2.45, 2.75) is 6.42 Å². The zero-order chi connectivity index (χ0) is 16.7. The molecule has 5 nitrogen and oxygen atoms in total. The summed E-state index contributed by atoms with van der Waals surface area (Å²) >= 11 is 6.03. The SMILES string of the molecule is N#Cc1ccc(N2CC3=C(Nc4cc(Cl)ccc4C3)C(=O)N2)cc1. The molecule has 24 heavy (non-hydrogen) atoms. The molecule has 2 heterocycles. The van der Waals surface area contributed by atoms with Crippen LogP contribution in [0.25, 0.3) is 0 Å². The molecule has 0 atom stereocenters. The molecule has 6 heteroatoms. The molecule has 0 unspecified atom stereocenters. The summed E-state index contributed by atoms with van der Waals surface area (Å²) in [6.45, 7) is 0.585. The zero-order valence-electron chi connectivity index (χ0n) is 12.6. The Labute approximate surface area is 144 Å². The van der Waals surface area contributed by atoms with Gasteiger partial charge in [-0.2, -0.15) is 5.26 Å². The molecule has 0 bridgehead atoms. The van der Waals surface area contributed by atoms with Gasteiger partial charge in [-0.15, -0.1) is 0 Å². The summed E-state index contributed by atoms with van der Waals surface area (Å²) in [5.41, 5.74) is 7.92. The molecule has 2 aromatic carbocycles. The van der Waals surface area contributed by atoms with Crippen molar-refractivity contribution >= 4 is 28.9 Å². The normalized spacial score (nSPS) is 15.8. The molecule has 0 spiro atoms. The van der Waals surface area contributed by atoms with Gasteiger partial charge in [0, 0.05) is 10.7 Å². The minimum atomic E-state index is -0.175. The van der Waals surface area contributed by atoms with E-state index in [1.807, 2.05) is 30.3 Å². The van der Waals surface area contributed by atoms with Crippen LogP contribution in [-0.2, 0) is 11.2 Å². The van der Waals surface area contributed by atoms with E-state index in [1.54, 1.807) is 17.1 Å². The lowest BCUT2D eigenvalue weighted by Crippen LogP contribution is -2.50. The van der Waals surface area contributed by atoms with Crippen molar-refractivity contribution < 1.29 is 4.79 Å². The molecular formula is C18H13ClN4O. The van der Waals surface area contributed by atoms with E-state index >= 15 is 0 Å². The molecule has 1 amide bonds. The molecule has 118 valence electrons. The van der Waals surface area contributed by atoms with E-state index < -0.39 is 0 Å². The number of halogens is 1. The van der Waals surface area contributed by atoms with Gasteiger partial charge in [0.1, 0.15) is 5.70 Å². The van der Waals surface area contributed by atoms with Gasteiger partial charge in [0.2, 0.25) is 0 Å². The van der Waals surface area contributed by atoms with Crippen LogP contribution in [-0.4, -0.2) is 12.5 Å². The first-order valence-electron chi connectivity index (χ1n) is 7.50. The predicted molar refractivity (Wildman–Crippen MR) is 92.5 cm³/mol. The average molecular weight is 337 g/mol. The fourth-order valence-electron chi connectivity index (χ4n) is 2.99. The summed E-state index contributed by atoms with van der Waals surface area (Å²) in [6.07, 6.45) is 0.703. The summed E-state index contributed by atoms with van der Waals surface area (Å²) < 4.78 is 0. The number of nitrogens with one attached hydrogen (secondary N) is 2. The number of amides is 1. The van der Waals surface area contributed by atoms with Crippen molar-refractivity contribution in [2.24, 2.45) is 0 Å². The standard InChI is InChI=1S/C18H13ClN4O/c19-14-4-3-12-7-13-10-23(15-5-1-11(9-20)2-6-15)22-18(24)17(13)21-16(12)8-14/h1-6,8,21H,7,10H2,(H,22,24). The Hall–Kier alpha value is -2.97. The molecule has 0 saturated carbocycles. The third-order valence-corrected chi connectivity index (χ3v) is 4.44. The van der Waals surface area contributed by atoms with Gasteiger partial charge in [0.05, 0.1) is 23.9 Å². The van der Waals surface area contributed by atoms with Gasteiger partial charge in [0.25, 0.3) is 5.91 Å². The fraction of sp³-hybridized carbons (Fsp3) is 0.111. The van der Waals surface area contributed by atoms with E-state index in [0.717, 1.165) is 22.5 Å². The van der Waals surface area contributed by atoms with Crippen LogP contribution in [0, 0.1) is 11.3 Å². The first kappa shape index (κ1) is 14.6. The van der Waals surface area contributed by atoms with E-state index in [0.29, 0.717) is 29.2 Å². The van der Waals surface area contributed by atoms with Gasteiger partial charge in [-0.3, -0.25) is 15.2 Å². The van der Waals surface area contributed by atoms with E-state index in [-0.39, 0.29) is 5.91 Å². The Morgan fingerprint density at radius 3 is 2.71 bits per heavy atom. The van der Waals surface area contributed by atoms with Gasteiger partial charge < -0.3 is 5.32 Å². The van der Waals surface area contributed by atoms with Crippen LogP contribution in [0.2, 0.25) is 5.02 Å². The van der Waals surface area contributed by atoms with Gasteiger partial charge in [0.15, 0.2) is 0 Å². The first-order valence-corrected chi connectivity index (χ1v) is 7.88. The highest BCUT2D eigenvalue weighted by atomic mass is 35.5. The Bertz CT molecular complexity index is 912. The number of hydrogen-bond donors (Lipinski definition) is 2. The first-order chi connectivity index (χ1) is 11.6. The Kier molecular flexibility index (Phi) is 3.40. The van der Waals surface area contributed by atoms with Crippen molar-refractivity contribution in [1.82, 2.24) is 5.43 Å². The summed E-state index contributed by atoms with van der Waals surface area (Å²) in [5.74, 6) is -0.175. The summed E-state index contributed by atoms with van der Waals surface area (Å²) in [4.78, 5) is 12.5. The van der Waals surface area contributed by atoms with Crippen molar-refractivity contribution in [3.8, 4) is 6.07 Å². The number of nitriles is 1. The van der Waals surface area contributed by atoms with Gasteiger partial charge in [-0.05, 0) is 54.0 Å². The number of nitrogens with zero attached hydrogens (tertiary/aromatic N) is 2. The molecule has 4 rings (SSSR count). The molecule has 0 fully saturated rings. The average Bonchev–Trinajstić information content (AvgIpc) is 2.60. The highest BCUT2D eigenvalue weighted by Crippen LogP contribution is 2.32. The topological polar surface area (TPSA) is 68.2 Å². The second kappa shape index (κ2) is 5.59. The molecule has 2 aromatic rings. The third kappa shape index (κ3) is 2.47. The molecule has 0 aromatic heterocycles. The van der Waals surface area contributed by atoms with Crippen molar-refractivity contribution in [3.05, 3.63) is 69.9 Å². The predicted octanol–water partition coefficient (Wildman–Crippen LogP) is 2.99. The number of hydrogen-bond acceptors (Lipinski definition) is 4. The van der Waals surface area contributed by atoms with Crippen molar-refractivity contribution in [2.75, 3.05) is 16.9 Å². The number of rotatable bonds is 1. The Morgan fingerprint density at radius 1 is 1.17 bits per heavy atom. The molecule has 2 aliphatic heterocycles. The number of carbonyl (C=O) groups is 1. The van der Waals surface area contributed by atoms with E-state index in [4.69, 9.17) is 16.9 Å². The van der Waals surface area contributed by atoms with Crippen molar-refractivity contribution in [1.29, 1.82) is 5.26 Å². The van der Waals surface area contributed by atoms with Crippen LogP contribution in [0.1, 0.15) is 11.1 Å². The molecule has 2 aliphatic rings. The quantitative estimate of drug-likeness (QED) is 0.840. The highest BCUT2D eigenvalue weighted by Gasteiger charge is 2.29. The van der Waals surface area contributed by atoms with Crippen LogP contribution >= 0.6 is 11.6 Å². The summed E-state index contributed by atoms with van der Waals surface area (Å²) in [5, 5.41) is 14.5. The molecule has 0 aliphatic carbocycles. The lowest BCUT2D eigenvalue weighted by atomic mass is 9.95. The number of fused-ring (bicyclic) bond motifs is 1.